The van der Waals surface area contributed by atoms with Crippen molar-refractivity contribution in [3.05, 3.63) is 34.8 Å². The molecule has 0 amide bonds. The van der Waals surface area contributed by atoms with Gasteiger partial charge in [-0.25, -0.2) is 4.98 Å². The zero-order chi connectivity index (χ0) is 15.2. The molecule has 0 bridgehead atoms. The number of anilines is 1. The van der Waals surface area contributed by atoms with Gasteiger partial charge < -0.3 is 19.9 Å². The minimum absolute atomic E-state index is 0.0654. The third kappa shape index (κ3) is 4.09. The molecule has 21 heavy (non-hydrogen) atoms. The first-order valence-corrected chi connectivity index (χ1v) is 7.11. The molecule has 7 heteroatoms. The minimum Gasteiger partial charge on any atom is -0.497 e. The third-order valence-corrected chi connectivity index (χ3v) is 3.66. The van der Waals surface area contributed by atoms with Crippen molar-refractivity contribution in [3.8, 4) is 11.5 Å². The lowest BCUT2D eigenvalue weighted by Crippen LogP contribution is -2.03. The molecule has 2 N–H and O–H groups in total. The smallest absolute Gasteiger partial charge is 0.309 e. The van der Waals surface area contributed by atoms with E-state index in [2.05, 4.69) is 10.3 Å². The average Bonchev–Trinajstić information content (AvgIpc) is 2.91. The van der Waals surface area contributed by atoms with Gasteiger partial charge in [-0.15, -0.1) is 11.3 Å². The summed E-state index contributed by atoms with van der Waals surface area (Å²) in [6, 6.07) is 5.59. The van der Waals surface area contributed by atoms with Crippen LogP contribution >= 0.6 is 11.3 Å². The van der Waals surface area contributed by atoms with E-state index in [9.17, 15) is 4.79 Å². The second-order valence-corrected chi connectivity index (χ2v) is 5.10. The van der Waals surface area contributed by atoms with Gasteiger partial charge in [0.25, 0.3) is 0 Å². The fourth-order valence-corrected chi connectivity index (χ4v) is 2.50. The Morgan fingerprint density at radius 2 is 2.19 bits per heavy atom. The largest absolute Gasteiger partial charge is 0.497 e. The van der Waals surface area contributed by atoms with Gasteiger partial charge in [0.05, 0.1) is 26.3 Å². The number of hydrogen-bond acceptors (Lipinski definition) is 6. The van der Waals surface area contributed by atoms with E-state index in [1.165, 1.54) is 11.3 Å². The van der Waals surface area contributed by atoms with Crippen molar-refractivity contribution < 1.29 is 19.4 Å². The highest BCUT2D eigenvalue weighted by atomic mass is 32.1. The third-order valence-electron chi connectivity index (χ3n) is 2.81. The van der Waals surface area contributed by atoms with Crippen molar-refractivity contribution >= 4 is 22.4 Å². The van der Waals surface area contributed by atoms with Gasteiger partial charge >= 0.3 is 5.97 Å². The number of aromatic nitrogens is 1. The summed E-state index contributed by atoms with van der Waals surface area (Å²) < 4.78 is 10.5. The quantitative estimate of drug-likeness (QED) is 0.817. The highest BCUT2D eigenvalue weighted by Crippen LogP contribution is 2.26. The zero-order valence-corrected chi connectivity index (χ0v) is 12.6. The number of rotatable bonds is 7. The molecule has 0 spiro atoms. The zero-order valence-electron chi connectivity index (χ0n) is 11.8. The number of carboxylic acids is 1. The molecule has 1 heterocycles. The Bertz CT molecular complexity index is 627. The predicted molar refractivity (Wildman–Crippen MR) is 80.3 cm³/mol. The Morgan fingerprint density at radius 1 is 1.38 bits per heavy atom. The summed E-state index contributed by atoms with van der Waals surface area (Å²) >= 11 is 1.38. The first kappa shape index (κ1) is 15.1. The van der Waals surface area contributed by atoms with Crippen LogP contribution in [-0.2, 0) is 17.8 Å². The lowest BCUT2D eigenvalue weighted by Gasteiger charge is -2.10. The molecule has 112 valence electrons. The van der Waals surface area contributed by atoms with Crippen LogP contribution in [0.2, 0.25) is 0 Å². The fraction of sp³-hybridized carbons (Fsp3) is 0.286. The van der Waals surface area contributed by atoms with Crippen LogP contribution in [0, 0.1) is 0 Å². The van der Waals surface area contributed by atoms with Crippen molar-refractivity contribution in [1.29, 1.82) is 0 Å². The predicted octanol–water partition coefficient (Wildman–Crippen LogP) is 2.40. The summed E-state index contributed by atoms with van der Waals surface area (Å²) in [5.41, 5.74) is 1.52. The van der Waals surface area contributed by atoms with Gasteiger partial charge in [0.1, 0.15) is 11.5 Å². The Labute approximate surface area is 126 Å². The number of nitrogens with one attached hydrogen (secondary N) is 1. The molecule has 0 fully saturated rings. The van der Waals surface area contributed by atoms with Crippen molar-refractivity contribution in [2.45, 2.75) is 13.0 Å². The van der Waals surface area contributed by atoms with Crippen LogP contribution in [0.15, 0.2) is 23.6 Å². The maximum Gasteiger partial charge on any atom is 0.309 e. The second kappa shape index (κ2) is 6.94. The van der Waals surface area contributed by atoms with Gasteiger partial charge in [0, 0.05) is 23.6 Å². The van der Waals surface area contributed by atoms with E-state index >= 15 is 0 Å². The lowest BCUT2D eigenvalue weighted by molar-refractivity contribution is -0.136. The number of benzene rings is 1. The van der Waals surface area contributed by atoms with E-state index in [0.717, 1.165) is 17.1 Å². The molecule has 2 rings (SSSR count). The van der Waals surface area contributed by atoms with Gasteiger partial charge in [-0.05, 0) is 12.1 Å². The van der Waals surface area contributed by atoms with Crippen LogP contribution in [0.1, 0.15) is 11.3 Å². The molecular formula is C14H16N2O4S. The first-order valence-electron chi connectivity index (χ1n) is 6.23. The van der Waals surface area contributed by atoms with E-state index in [-0.39, 0.29) is 6.42 Å². The van der Waals surface area contributed by atoms with Crippen molar-refractivity contribution in [3.63, 3.8) is 0 Å². The van der Waals surface area contributed by atoms with Crippen LogP contribution in [0.4, 0.5) is 5.13 Å². The van der Waals surface area contributed by atoms with Crippen LogP contribution in [-0.4, -0.2) is 30.3 Å². The number of hydrogen-bond donors (Lipinski definition) is 2. The SMILES string of the molecule is COc1ccc(CNc2nc(CC(=O)O)cs2)c(OC)c1. The van der Waals surface area contributed by atoms with E-state index in [1.54, 1.807) is 19.6 Å². The van der Waals surface area contributed by atoms with Gasteiger partial charge in [-0.3, -0.25) is 4.79 Å². The number of thiazole rings is 1. The molecule has 0 aliphatic heterocycles. The van der Waals surface area contributed by atoms with Crippen molar-refractivity contribution in [2.24, 2.45) is 0 Å². The standard InChI is InChI=1S/C14H16N2O4S/c1-19-11-4-3-9(12(6-11)20-2)7-15-14-16-10(8-21-14)5-13(17)18/h3-4,6,8H,5,7H2,1-2H3,(H,15,16)(H,17,18). The Hall–Kier alpha value is -2.28. The van der Waals surface area contributed by atoms with Crippen molar-refractivity contribution in [1.82, 2.24) is 4.98 Å². The molecule has 0 atom stereocenters. The average molecular weight is 308 g/mol. The van der Waals surface area contributed by atoms with Crippen LogP contribution < -0.4 is 14.8 Å². The van der Waals surface area contributed by atoms with E-state index < -0.39 is 5.97 Å². The van der Waals surface area contributed by atoms with Gasteiger partial charge in [0.2, 0.25) is 0 Å². The molecule has 0 saturated carbocycles. The molecular weight excluding hydrogens is 292 g/mol. The maximum absolute atomic E-state index is 10.6. The van der Waals surface area contributed by atoms with Gasteiger partial charge in [0.15, 0.2) is 5.13 Å². The van der Waals surface area contributed by atoms with Crippen LogP contribution in [0.3, 0.4) is 0 Å². The normalized spacial score (nSPS) is 10.2. The molecule has 0 aliphatic carbocycles. The molecule has 0 radical (unpaired) electrons. The number of aliphatic carboxylic acids is 1. The lowest BCUT2D eigenvalue weighted by atomic mass is 10.2. The number of methoxy groups -OCH3 is 2. The number of carbonyl (C=O) groups is 1. The molecule has 6 nitrogen and oxygen atoms in total. The summed E-state index contributed by atoms with van der Waals surface area (Å²) in [5.74, 6) is 0.571. The van der Waals surface area contributed by atoms with E-state index in [0.29, 0.717) is 17.4 Å². The highest BCUT2D eigenvalue weighted by Gasteiger charge is 2.08. The molecule has 2 aromatic rings. The number of ether oxygens (including phenoxy) is 2. The molecule has 1 aromatic heterocycles. The molecule has 0 aliphatic rings. The monoisotopic (exact) mass is 308 g/mol. The van der Waals surface area contributed by atoms with Crippen LogP contribution in [0.25, 0.3) is 0 Å². The minimum atomic E-state index is -0.885. The van der Waals surface area contributed by atoms with Gasteiger partial charge in [-0.2, -0.15) is 0 Å². The Kier molecular flexibility index (Phi) is 4.99. The summed E-state index contributed by atoms with van der Waals surface area (Å²) in [6.07, 6.45) is -0.0654. The van der Waals surface area contributed by atoms with Gasteiger partial charge in [-0.1, -0.05) is 0 Å². The van der Waals surface area contributed by atoms with Crippen LogP contribution in [0.5, 0.6) is 11.5 Å². The maximum atomic E-state index is 10.6. The second-order valence-electron chi connectivity index (χ2n) is 4.25. The Morgan fingerprint density at radius 3 is 2.86 bits per heavy atom. The van der Waals surface area contributed by atoms with Crippen molar-refractivity contribution in [2.75, 3.05) is 19.5 Å². The number of carboxylic acid groups (broad SMARTS) is 1. The van der Waals surface area contributed by atoms with E-state index in [1.807, 2.05) is 18.2 Å². The molecule has 1 aromatic carbocycles. The fourth-order valence-electron chi connectivity index (χ4n) is 1.79. The number of nitrogens with zero attached hydrogens (tertiary/aromatic N) is 1. The summed E-state index contributed by atoms with van der Waals surface area (Å²) in [6.45, 7) is 0.535. The molecule has 0 saturated heterocycles. The summed E-state index contributed by atoms with van der Waals surface area (Å²) in [4.78, 5) is 14.8. The summed E-state index contributed by atoms with van der Waals surface area (Å²) in [7, 11) is 3.21. The highest BCUT2D eigenvalue weighted by molar-refractivity contribution is 7.13. The van der Waals surface area contributed by atoms with E-state index in [4.69, 9.17) is 14.6 Å². The first-order chi connectivity index (χ1) is 10.1. The molecule has 0 unspecified atom stereocenters. The topological polar surface area (TPSA) is 80.7 Å². The summed E-state index contributed by atoms with van der Waals surface area (Å²) in [5, 5.41) is 14.3. The Balaban J connectivity index is 2.02.